The maximum absolute atomic E-state index is 12.6. The Labute approximate surface area is 156 Å². The van der Waals surface area contributed by atoms with E-state index in [0.29, 0.717) is 5.02 Å². The lowest BCUT2D eigenvalue weighted by Gasteiger charge is -2.16. The molecule has 1 heterocycles. The Morgan fingerprint density at radius 2 is 1.96 bits per heavy atom. The van der Waals surface area contributed by atoms with Crippen molar-refractivity contribution < 1.29 is 4.79 Å². The zero-order valence-electron chi connectivity index (χ0n) is 14.2. The van der Waals surface area contributed by atoms with Crippen molar-refractivity contribution >= 4 is 40.3 Å². The van der Waals surface area contributed by atoms with Gasteiger partial charge in [-0.25, -0.2) is 4.98 Å². The molecule has 4 nitrogen and oxygen atoms in total. The van der Waals surface area contributed by atoms with Crippen LogP contribution in [0.5, 0.6) is 0 Å². The molecule has 3 rings (SSSR count). The van der Waals surface area contributed by atoms with Crippen LogP contribution in [0.15, 0.2) is 48.5 Å². The van der Waals surface area contributed by atoms with E-state index in [1.807, 2.05) is 66.3 Å². The van der Waals surface area contributed by atoms with E-state index in [2.05, 4.69) is 10.3 Å². The number of halogens is 1. The van der Waals surface area contributed by atoms with Crippen molar-refractivity contribution in [1.82, 2.24) is 14.9 Å². The zero-order valence-corrected chi connectivity index (χ0v) is 15.8. The van der Waals surface area contributed by atoms with Gasteiger partial charge < -0.3 is 9.88 Å². The van der Waals surface area contributed by atoms with Crippen molar-refractivity contribution in [3.05, 3.63) is 64.9 Å². The molecular weight excluding hydrogens is 354 g/mol. The second-order valence-corrected chi connectivity index (χ2v) is 7.18. The number of rotatable bonds is 6. The van der Waals surface area contributed by atoms with Crippen LogP contribution >= 0.6 is 23.4 Å². The van der Waals surface area contributed by atoms with Gasteiger partial charge in [0.1, 0.15) is 12.4 Å². The van der Waals surface area contributed by atoms with Gasteiger partial charge in [0.25, 0.3) is 0 Å². The fourth-order valence-corrected chi connectivity index (χ4v) is 3.41. The Morgan fingerprint density at radius 3 is 2.68 bits per heavy atom. The number of fused-ring (bicyclic) bond motifs is 1. The van der Waals surface area contributed by atoms with Crippen LogP contribution in [0.1, 0.15) is 24.4 Å². The van der Waals surface area contributed by atoms with Gasteiger partial charge in [-0.15, -0.1) is 0 Å². The van der Waals surface area contributed by atoms with Gasteiger partial charge in [0, 0.05) is 5.02 Å². The predicted molar refractivity (Wildman–Crippen MR) is 105 cm³/mol. The highest BCUT2D eigenvalue weighted by Crippen LogP contribution is 2.20. The van der Waals surface area contributed by atoms with E-state index in [1.165, 1.54) is 0 Å². The SMILES string of the molecule is CSCc1nc2ccccc2n1CC(=O)NC(C)c1ccc(Cl)cc1. The molecule has 0 radical (unpaired) electrons. The Morgan fingerprint density at radius 1 is 1.24 bits per heavy atom. The van der Waals surface area contributed by atoms with Gasteiger partial charge in [-0.1, -0.05) is 35.9 Å². The average molecular weight is 374 g/mol. The van der Waals surface area contributed by atoms with E-state index in [9.17, 15) is 4.79 Å². The van der Waals surface area contributed by atoms with Crippen LogP contribution in [0, 0.1) is 0 Å². The molecule has 3 aromatic rings. The quantitative estimate of drug-likeness (QED) is 0.695. The van der Waals surface area contributed by atoms with E-state index < -0.39 is 0 Å². The molecule has 0 aliphatic carbocycles. The molecule has 1 atom stereocenters. The molecule has 2 aromatic carbocycles. The normalized spacial score (nSPS) is 12.3. The van der Waals surface area contributed by atoms with Gasteiger partial charge in [-0.3, -0.25) is 4.79 Å². The first-order chi connectivity index (χ1) is 12.1. The third-order valence-electron chi connectivity index (χ3n) is 4.06. The summed E-state index contributed by atoms with van der Waals surface area (Å²) in [5.74, 6) is 1.66. The highest BCUT2D eigenvalue weighted by atomic mass is 35.5. The lowest BCUT2D eigenvalue weighted by atomic mass is 10.1. The topological polar surface area (TPSA) is 46.9 Å². The number of amides is 1. The number of carbonyl (C=O) groups excluding carboxylic acids is 1. The Hall–Kier alpha value is -1.98. The van der Waals surface area contributed by atoms with E-state index >= 15 is 0 Å². The zero-order chi connectivity index (χ0) is 17.8. The first kappa shape index (κ1) is 17.8. The summed E-state index contributed by atoms with van der Waals surface area (Å²) >= 11 is 7.62. The van der Waals surface area contributed by atoms with Crippen molar-refractivity contribution in [3.63, 3.8) is 0 Å². The second kappa shape index (κ2) is 7.93. The predicted octanol–water partition coefficient (Wildman–Crippen LogP) is 4.43. The molecule has 0 fully saturated rings. The summed E-state index contributed by atoms with van der Waals surface area (Å²) in [4.78, 5) is 17.2. The molecule has 0 aliphatic rings. The van der Waals surface area contributed by atoms with Gasteiger partial charge in [-0.05, 0) is 43.0 Å². The molecule has 6 heteroatoms. The molecular formula is C19H20ClN3OS. The molecule has 0 saturated carbocycles. The summed E-state index contributed by atoms with van der Waals surface area (Å²) in [6.45, 7) is 2.23. The average Bonchev–Trinajstić information content (AvgIpc) is 2.93. The van der Waals surface area contributed by atoms with E-state index in [4.69, 9.17) is 11.6 Å². The number of para-hydroxylation sites is 2. The molecule has 1 unspecified atom stereocenters. The van der Waals surface area contributed by atoms with Gasteiger partial charge >= 0.3 is 0 Å². The van der Waals surface area contributed by atoms with Gasteiger partial charge in [0.15, 0.2) is 0 Å². The fraction of sp³-hybridized carbons (Fsp3) is 0.263. The number of carbonyl (C=O) groups is 1. The number of thioether (sulfide) groups is 1. The minimum Gasteiger partial charge on any atom is -0.348 e. The highest BCUT2D eigenvalue weighted by Gasteiger charge is 2.15. The number of aromatic nitrogens is 2. The molecule has 0 bridgehead atoms. The fourth-order valence-electron chi connectivity index (χ4n) is 2.81. The second-order valence-electron chi connectivity index (χ2n) is 5.88. The third-order valence-corrected chi connectivity index (χ3v) is 4.86. The molecule has 0 saturated heterocycles. The van der Waals surface area contributed by atoms with Crippen LogP contribution in [0.3, 0.4) is 0 Å². The highest BCUT2D eigenvalue weighted by molar-refractivity contribution is 7.97. The minimum atomic E-state index is -0.0800. The van der Waals surface area contributed by atoms with Crippen molar-refractivity contribution in [3.8, 4) is 0 Å². The molecule has 0 spiro atoms. The number of imidazole rings is 1. The van der Waals surface area contributed by atoms with Crippen molar-refractivity contribution in [2.75, 3.05) is 6.26 Å². The Balaban J connectivity index is 1.77. The summed E-state index contributed by atoms with van der Waals surface area (Å²) in [6, 6.07) is 15.4. The maximum atomic E-state index is 12.6. The molecule has 0 aliphatic heterocycles. The lowest BCUT2D eigenvalue weighted by molar-refractivity contribution is -0.122. The maximum Gasteiger partial charge on any atom is 0.240 e. The van der Waals surface area contributed by atoms with E-state index in [-0.39, 0.29) is 18.5 Å². The number of nitrogens with one attached hydrogen (secondary N) is 1. The number of nitrogens with zero attached hydrogens (tertiary/aromatic N) is 2. The Bertz CT molecular complexity index is 876. The van der Waals surface area contributed by atoms with E-state index in [0.717, 1.165) is 28.2 Å². The Kier molecular flexibility index (Phi) is 5.66. The first-order valence-electron chi connectivity index (χ1n) is 8.06. The van der Waals surface area contributed by atoms with Crippen molar-refractivity contribution in [2.45, 2.75) is 25.3 Å². The lowest BCUT2D eigenvalue weighted by Crippen LogP contribution is -2.30. The van der Waals surface area contributed by atoms with Crippen molar-refractivity contribution in [2.24, 2.45) is 0 Å². The number of benzene rings is 2. The summed E-state index contributed by atoms with van der Waals surface area (Å²) < 4.78 is 2.00. The van der Waals surface area contributed by atoms with Crippen LogP contribution in [-0.4, -0.2) is 21.7 Å². The molecule has 1 amide bonds. The number of hydrogen-bond acceptors (Lipinski definition) is 3. The minimum absolute atomic E-state index is 0.0343. The summed E-state index contributed by atoms with van der Waals surface area (Å²) in [7, 11) is 0. The largest absolute Gasteiger partial charge is 0.348 e. The van der Waals surface area contributed by atoms with Crippen LogP contribution in [0.4, 0.5) is 0 Å². The summed E-state index contributed by atoms with van der Waals surface area (Å²) in [6.07, 6.45) is 2.03. The van der Waals surface area contributed by atoms with Gasteiger partial charge in [-0.2, -0.15) is 11.8 Å². The molecule has 130 valence electrons. The standard InChI is InChI=1S/C19H20ClN3OS/c1-13(14-7-9-15(20)10-8-14)21-19(24)11-23-17-6-4-3-5-16(17)22-18(23)12-25-2/h3-10,13H,11-12H2,1-2H3,(H,21,24). The van der Waals surface area contributed by atoms with Crippen LogP contribution in [0.25, 0.3) is 11.0 Å². The van der Waals surface area contributed by atoms with Crippen LogP contribution < -0.4 is 5.32 Å². The van der Waals surface area contributed by atoms with E-state index in [1.54, 1.807) is 11.8 Å². The smallest absolute Gasteiger partial charge is 0.240 e. The number of hydrogen-bond donors (Lipinski definition) is 1. The van der Waals surface area contributed by atoms with Crippen molar-refractivity contribution in [1.29, 1.82) is 0 Å². The molecule has 25 heavy (non-hydrogen) atoms. The van der Waals surface area contributed by atoms with Gasteiger partial charge in [0.05, 0.1) is 22.8 Å². The third kappa shape index (κ3) is 4.17. The first-order valence-corrected chi connectivity index (χ1v) is 9.83. The molecule has 1 aromatic heterocycles. The monoisotopic (exact) mass is 373 g/mol. The van der Waals surface area contributed by atoms with Crippen LogP contribution in [-0.2, 0) is 17.1 Å². The molecule has 1 N–H and O–H groups in total. The summed E-state index contributed by atoms with van der Waals surface area (Å²) in [5, 5.41) is 3.74. The van der Waals surface area contributed by atoms with Gasteiger partial charge in [0.2, 0.25) is 5.91 Å². The summed E-state index contributed by atoms with van der Waals surface area (Å²) in [5.41, 5.74) is 2.93. The van der Waals surface area contributed by atoms with Crippen LogP contribution in [0.2, 0.25) is 5.02 Å².